The number of benzene rings is 2. The molecular formula is C23H29FN4. The molecule has 0 fully saturated rings. The maximum atomic E-state index is 13.1. The van der Waals surface area contributed by atoms with Crippen molar-refractivity contribution in [2.24, 2.45) is 0 Å². The molecule has 0 aliphatic heterocycles. The molecule has 0 amide bonds. The Balaban J connectivity index is 1.66. The van der Waals surface area contributed by atoms with Gasteiger partial charge in [0.1, 0.15) is 17.2 Å². The van der Waals surface area contributed by atoms with E-state index in [0.717, 1.165) is 29.1 Å². The molecule has 0 aliphatic rings. The second kappa shape index (κ2) is 10.7. The fraction of sp³-hybridized carbons (Fsp3) is 0.391. The summed E-state index contributed by atoms with van der Waals surface area (Å²) in [4.78, 5) is 1.70. The molecule has 4 nitrogen and oxygen atoms in total. The number of halogens is 1. The zero-order valence-corrected chi connectivity index (χ0v) is 16.6. The van der Waals surface area contributed by atoms with Gasteiger partial charge in [-0.25, -0.2) is 4.39 Å². The molecule has 0 bridgehead atoms. The predicted octanol–water partition coefficient (Wildman–Crippen LogP) is 5.19. The van der Waals surface area contributed by atoms with Crippen LogP contribution in [0.15, 0.2) is 54.6 Å². The van der Waals surface area contributed by atoms with Crippen molar-refractivity contribution in [2.45, 2.75) is 52.1 Å². The van der Waals surface area contributed by atoms with Crippen molar-refractivity contribution in [3.63, 3.8) is 0 Å². The van der Waals surface area contributed by atoms with Crippen LogP contribution in [-0.4, -0.2) is 21.5 Å². The lowest BCUT2D eigenvalue weighted by Gasteiger charge is -2.04. The quantitative estimate of drug-likeness (QED) is 0.465. The van der Waals surface area contributed by atoms with Crippen molar-refractivity contribution in [2.75, 3.05) is 6.54 Å². The van der Waals surface area contributed by atoms with Gasteiger partial charge in [0, 0.05) is 12.1 Å². The molecule has 0 unspecified atom stereocenters. The highest BCUT2D eigenvalue weighted by Crippen LogP contribution is 2.20. The Morgan fingerprint density at radius 1 is 0.893 bits per heavy atom. The first-order valence-corrected chi connectivity index (χ1v) is 10.2. The summed E-state index contributed by atoms with van der Waals surface area (Å²) >= 11 is 0. The molecule has 1 aromatic heterocycles. The standard InChI is InChI=1S/C23H29FN4/c1-2-3-4-5-9-16-25-17-22-23(20-10-7-6-8-11-20)27-28(26-22)18-19-12-14-21(24)15-13-19/h6-8,10-15,25H,2-5,9,16-18H2,1H3. The SMILES string of the molecule is CCCCCCCNCc1nn(Cc2ccc(F)cc2)nc1-c1ccccc1. The first kappa shape index (κ1) is 20.2. The van der Waals surface area contributed by atoms with Crippen LogP contribution >= 0.6 is 0 Å². The third-order valence-electron chi connectivity index (χ3n) is 4.76. The Hall–Kier alpha value is -2.53. The Labute approximate surface area is 166 Å². The number of nitrogens with zero attached hydrogens (tertiary/aromatic N) is 3. The summed E-state index contributed by atoms with van der Waals surface area (Å²) in [5.41, 5.74) is 3.89. The number of nitrogens with one attached hydrogen (secondary N) is 1. The fourth-order valence-corrected chi connectivity index (χ4v) is 3.21. The minimum absolute atomic E-state index is 0.231. The van der Waals surface area contributed by atoms with Gasteiger partial charge in [-0.3, -0.25) is 0 Å². The summed E-state index contributed by atoms with van der Waals surface area (Å²) in [6.45, 7) is 4.44. The van der Waals surface area contributed by atoms with E-state index in [0.29, 0.717) is 13.1 Å². The van der Waals surface area contributed by atoms with Crippen LogP contribution < -0.4 is 5.32 Å². The van der Waals surface area contributed by atoms with Gasteiger partial charge in [0.2, 0.25) is 0 Å². The smallest absolute Gasteiger partial charge is 0.123 e. The van der Waals surface area contributed by atoms with Crippen LogP contribution in [0.3, 0.4) is 0 Å². The first-order valence-electron chi connectivity index (χ1n) is 10.2. The van der Waals surface area contributed by atoms with Crippen molar-refractivity contribution in [3.05, 3.63) is 71.7 Å². The lowest BCUT2D eigenvalue weighted by atomic mass is 10.1. The Kier molecular flexibility index (Phi) is 7.73. The molecule has 0 aliphatic carbocycles. The predicted molar refractivity (Wildman–Crippen MR) is 111 cm³/mol. The highest BCUT2D eigenvalue weighted by atomic mass is 19.1. The molecular weight excluding hydrogens is 351 g/mol. The second-order valence-corrected chi connectivity index (χ2v) is 7.11. The van der Waals surface area contributed by atoms with E-state index >= 15 is 0 Å². The molecule has 0 saturated carbocycles. The Morgan fingerprint density at radius 3 is 2.39 bits per heavy atom. The van der Waals surface area contributed by atoms with Crippen molar-refractivity contribution >= 4 is 0 Å². The molecule has 1 N–H and O–H groups in total. The number of rotatable bonds is 11. The van der Waals surface area contributed by atoms with Crippen molar-refractivity contribution in [3.8, 4) is 11.3 Å². The summed E-state index contributed by atoms with van der Waals surface area (Å²) in [6.07, 6.45) is 6.34. The molecule has 2 aromatic carbocycles. The van der Waals surface area contributed by atoms with Gasteiger partial charge in [0.25, 0.3) is 0 Å². The third kappa shape index (κ3) is 5.99. The van der Waals surface area contributed by atoms with Crippen molar-refractivity contribution in [1.29, 1.82) is 0 Å². The van der Waals surface area contributed by atoms with E-state index in [-0.39, 0.29) is 5.82 Å². The summed E-state index contributed by atoms with van der Waals surface area (Å²) in [6, 6.07) is 16.6. The first-order chi connectivity index (χ1) is 13.8. The Bertz CT molecular complexity index is 828. The summed E-state index contributed by atoms with van der Waals surface area (Å²) in [7, 11) is 0. The number of unbranched alkanes of at least 4 members (excludes halogenated alkanes) is 4. The number of aromatic nitrogens is 3. The lowest BCUT2D eigenvalue weighted by molar-refractivity contribution is 0.560. The normalized spacial score (nSPS) is 11.1. The van der Waals surface area contributed by atoms with Gasteiger partial charge < -0.3 is 5.32 Å². The van der Waals surface area contributed by atoms with Gasteiger partial charge in [0.05, 0.1) is 6.54 Å². The van der Waals surface area contributed by atoms with Gasteiger partial charge in [-0.05, 0) is 30.7 Å². The maximum Gasteiger partial charge on any atom is 0.123 e. The molecule has 3 aromatic rings. The van der Waals surface area contributed by atoms with Crippen LogP contribution in [0.2, 0.25) is 0 Å². The van der Waals surface area contributed by atoms with E-state index in [2.05, 4.69) is 24.4 Å². The van der Waals surface area contributed by atoms with E-state index in [1.165, 1.54) is 44.2 Å². The van der Waals surface area contributed by atoms with E-state index < -0.39 is 0 Å². The fourth-order valence-electron chi connectivity index (χ4n) is 3.21. The third-order valence-corrected chi connectivity index (χ3v) is 4.76. The van der Waals surface area contributed by atoms with Gasteiger partial charge in [-0.15, -0.1) is 0 Å². The van der Waals surface area contributed by atoms with Crippen LogP contribution in [0, 0.1) is 5.82 Å². The van der Waals surface area contributed by atoms with E-state index in [1.54, 1.807) is 16.9 Å². The molecule has 28 heavy (non-hydrogen) atoms. The van der Waals surface area contributed by atoms with Crippen LogP contribution in [0.5, 0.6) is 0 Å². The average Bonchev–Trinajstić information content (AvgIpc) is 3.12. The molecule has 3 rings (SSSR count). The molecule has 0 saturated heterocycles. The van der Waals surface area contributed by atoms with Crippen molar-refractivity contribution in [1.82, 2.24) is 20.3 Å². The lowest BCUT2D eigenvalue weighted by Crippen LogP contribution is -2.16. The number of hydrogen-bond donors (Lipinski definition) is 1. The average molecular weight is 381 g/mol. The van der Waals surface area contributed by atoms with Gasteiger partial charge >= 0.3 is 0 Å². The largest absolute Gasteiger partial charge is 0.311 e. The molecule has 0 atom stereocenters. The van der Waals surface area contributed by atoms with E-state index in [1.807, 2.05) is 18.2 Å². The second-order valence-electron chi connectivity index (χ2n) is 7.11. The van der Waals surface area contributed by atoms with Crippen LogP contribution in [-0.2, 0) is 13.1 Å². The Morgan fingerprint density at radius 2 is 1.64 bits per heavy atom. The van der Waals surface area contributed by atoms with Crippen molar-refractivity contribution < 1.29 is 4.39 Å². The van der Waals surface area contributed by atoms with E-state index in [4.69, 9.17) is 10.2 Å². The number of hydrogen-bond acceptors (Lipinski definition) is 3. The zero-order chi connectivity index (χ0) is 19.6. The minimum atomic E-state index is -0.231. The minimum Gasteiger partial charge on any atom is -0.311 e. The molecule has 5 heteroatoms. The summed E-state index contributed by atoms with van der Waals surface area (Å²) < 4.78 is 13.1. The maximum absolute atomic E-state index is 13.1. The van der Waals surface area contributed by atoms with Gasteiger partial charge in [-0.1, -0.05) is 75.1 Å². The van der Waals surface area contributed by atoms with Crippen LogP contribution in [0.4, 0.5) is 4.39 Å². The topological polar surface area (TPSA) is 42.7 Å². The van der Waals surface area contributed by atoms with Crippen LogP contribution in [0.1, 0.15) is 50.3 Å². The van der Waals surface area contributed by atoms with Gasteiger partial charge in [0.15, 0.2) is 0 Å². The molecule has 148 valence electrons. The highest BCUT2D eigenvalue weighted by Gasteiger charge is 2.13. The van der Waals surface area contributed by atoms with Crippen LogP contribution in [0.25, 0.3) is 11.3 Å². The zero-order valence-electron chi connectivity index (χ0n) is 16.6. The molecule has 0 radical (unpaired) electrons. The van der Waals surface area contributed by atoms with Gasteiger partial charge in [-0.2, -0.15) is 15.0 Å². The summed E-state index contributed by atoms with van der Waals surface area (Å²) in [5, 5.41) is 12.9. The van der Waals surface area contributed by atoms with E-state index in [9.17, 15) is 4.39 Å². The molecule has 0 spiro atoms. The molecule has 1 heterocycles. The monoisotopic (exact) mass is 380 g/mol. The highest BCUT2D eigenvalue weighted by molar-refractivity contribution is 5.60. The summed E-state index contributed by atoms with van der Waals surface area (Å²) in [5.74, 6) is -0.231.